The van der Waals surface area contributed by atoms with Crippen LogP contribution in [-0.4, -0.2) is 5.88 Å². The summed E-state index contributed by atoms with van der Waals surface area (Å²) in [5, 5.41) is 0. The van der Waals surface area contributed by atoms with Crippen molar-refractivity contribution in [2.45, 2.75) is 39.0 Å². The van der Waals surface area contributed by atoms with Gasteiger partial charge in [-0.05, 0) is 36.3 Å². The Balaban J connectivity index is 2.47. The summed E-state index contributed by atoms with van der Waals surface area (Å²) in [5.74, 6) is 1.41. The molecule has 14 heavy (non-hydrogen) atoms. The Morgan fingerprint density at radius 2 is 1.71 bits per heavy atom. The fourth-order valence-electron chi connectivity index (χ4n) is 1.49. The van der Waals surface area contributed by atoms with Crippen LogP contribution in [0.4, 0.5) is 0 Å². The molecule has 0 unspecified atom stereocenters. The highest BCUT2D eigenvalue weighted by Crippen LogP contribution is 2.15. The lowest BCUT2D eigenvalue weighted by molar-refractivity contribution is 0.797. The molecule has 0 aliphatic rings. The Morgan fingerprint density at radius 1 is 1.07 bits per heavy atom. The number of alkyl halides is 1. The first-order valence-corrected chi connectivity index (χ1v) is 5.92. The van der Waals surface area contributed by atoms with Crippen LogP contribution in [0, 0.1) is 0 Å². The molecule has 1 aromatic carbocycles. The van der Waals surface area contributed by atoms with Crippen molar-refractivity contribution in [3.8, 4) is 0 Å². The monoisotopic (exact) mass is 210 g/mol. The molecule has 0 bridgehead atoms. The van der Waals surface area contributed by atoms with Crippen molar-refractivity contribution < 1.29 is 0 Å². The van der Waals surface area contributed by atoms with Crippen LogP contribution in [-0.2, 0) is 6.42 Å². The summed E-state index contributed by atoms with van der Waals surface area (Å²) in [6, 6.07) is 8.95. The van der Waals surface area contributed by atoms with E-state index in [4.69, 9.17) is 11.6 Å². The van der Waals surface area contributed by atoms with Crippen LogP contribution < -0.4 is 0 Å². The van der Waals surface area contributed by atoms with Crippen LogP contribution in [0.5, 0.6) is 0 Å². The van der Waals surface area contributed by atoms with Crippen molar-refractivity contribution in [3.63, 3.8) is 0 Å². The van der Waals surface area contributed by atoms with Gasteiger partial charge in [0.1, 0.15) is 0 Å². The summed E-state index contributed by atoms with van der Waals surface area (Å²) in [4.78, 5) is 0. The molecule has 0 heterocycles. The van der Waals surface area contributed by atoms with Crippen molar-refractivity contribution in [2.75, 3.05) is 5.88 Å². The number of unbranched alkanes of at least 4 members (excludes halogenated alkanes) is 1. The average Bonchev–Trinajstić information content (AvgIpc) is 2.19. The van der Waals surface area contributed by atoms with E-state index in [1.54, 1.807) is 0 Å². The van der Waals surface area contributed by atoms with Gasteiger partial charge in [0.05, 0.1) is 0 Å². The number of aryl methyl sites for hydroxylation is 1. The standard InChI is InChI=1S/C13H19Cl/c1-11(2)13-8-6-12(7-9-13)5-3-4-10-14/h6-9,11H,3-5,10H2,1-2H3. The lowest BCUT2D eigenvalue weighted by Gasteiger charge is -2.06. The number of hydrogen-bond donors (Lipinski definition) is 0. The molecule has 1 heteroatoms. The minimum absolute atomic E-state index is 0.631. The van der Waals surface area contributed by atoms with Crippen LogP contribution in [0.3, 0.4) is 0 Å². The first kappa shape index (κ1) is 11.6. The third-order valence-corrected chi connectivity index (χ3v) is 2.76. The summed E-state index contributed by atoms with van der Waals surface area (Å²) in [6.45, 7) is 4.45. The highest BCUT2D eigenvalue weighted by atomic mass is 35.5. The Morgan fingerprint density at radius 3 is 2.21 bits per heavy atom. The number of halogens is 1. The highest BCUT2D eigenvalue weighted by molar-refractivity contribution is 6.17. The van der Waals surface area contributed by atoms with Gasteiger partial charge in [0, 0.05) is 5.88 Å². The maximum atomic E-state index is 5.63. The smallest absolute Gasteiger partial charge is 0.0223 e. The van der Waals surface area contributed by atoms with Gasteiger partial charge in [0.2, 0.25) is 0 Å². The van der Waals surface area contributed by atoms with Crippen LogP contribution in [0.1, 0.15) is 43.7 Å². The summed E-state index contributed by atoms with van der Waals surface area (Å²) in [6.07, 6.45) is 3.48. The third kappa shape index (κ3) is 3.71. The SMILES string of the molecule is CC(C)c1ccc(CCCCCl)cc1. The van der Waals surface area contributed by atoms with E-state index < -0.39 is 0 Å². The molecule has 0 aromatic heterocycles. The van der Waals surface area contributed by atoms with Gasteiger partial charge in [-0.3, -0.25) is 0 Å². The molecule has 0 spiro atoms. The second-order valence-corrected chi connectivity index (χ2v) is 4.42. The zero-order valence-corrected chi connectivity index (χ0v) is 9.85. The Bertz CT molecular complexity index is 248. The molecule has 0 fully saturated rings. The first-order valence-electron chi connectivity index (χ1n) is 5.39. The zero-order chi connectivity index (χ0) is 10.4. The number of rotatable bonds is 5. The van der Waals surface area contributed by atoms with Gasteiger partial charge in [0.15, 0.2) is 0 Å². The minimum atomic E-state index is 0.631. The minimum Gasteiger partial charge on any atom is -0.127 e. The molecular weight excluding hydrogens is 192 g/mol. The van der Waals surface area contributed by atoms with E-state index in [1.807, 2.05) is 0 Å². The molecule has 0 N–H and O–H groups in total. The topological polar surface area (TPSA) is 0 Å². The molecule has 0 aliphatic heterocycles. The van der Waals surface area contributed by atoms with Gasteiger partial charge in [-0.1, -0.05) is 38.1 Å². The number of benzene rings is 1. The van der Waals surface area contributed by atoms with E-state index >= 15 is 0 Å². The summed E-state index contributed by atoms with van der Waals surface area (Å²) >= 11 is 5.63. The molecular formula is C13H19Cl. The molecule has 0 nitrogen and oxygen atoms in total. The van der Waals surface area contributed by atoms with E-state index in [-0.39, 0.29) is 0 Å². The molecule has 1 aromatic rings. The summed E-state index contributed by atoms with van der Waals surface area (Å²) in [7, 11) is 0. The van der Waals surface area contributed by atoms with Gasteiger partial charge in [-0.25, -0.2) is 0 Å². The number of hydrogen-bond acceptors (Lipinski definition) is 0. The second-order valence-electron chi connectivity index (χ2n) is 4.04. The quantitative estimate of drug-likeness (QED) is 0.500. The third-order valence-electron chi connectivity index (χ3n) is 2.50. The molecule has 0 aliphatic carbocycles. The average molecular weight is 211 g/mol. The fourth-order valence-corrected chi connectivity index (χ4v) is 1.68. The van der Waals surface area contributed by atoms with Gasteiger partial charge in [-0.15, -0.1) is 11.6 Å². The maximum absolute atomic E-state index is 5.63. The molecule has 0 atom stereocenters. The Hall–Kier alpha value is -0.490. The predicted octanol–water partition coefficient (Wildman–Crippen LogP) is 4.37. The molecule has 1 rings (SSSR count). The van der Waals surface area contributed by atoms with E-state index in [0.29, 0.717) is 5.92 Å². The molecule has 0 saturated carbocycles. The van der Waals surface area contributed by atoms with Crippen LogP contribution in [0.2, 0.25) is 0 Å². The Labute approximate surface area is 92.3 Å². The predicted molar refractivity (Wildman–Crippen MR) is 64.2 cm³/mol. The maximum Gasteiger partial charge on any atom is 0.0223 e. The van der Waals surface area contributed by atoms with Crippen molar-refractivity contribution in [3.05, 3.63) is 35.4 Å². The summed E-state index contributed by atoms with van der Waals surface area (Å²) in [5.41, 5.74) is 2.85. The van der Waals surface area contributed by atoms with E-state index in [9.17, 15) is 0 Å². The summed E-state index contributed by atoms with van der Waals surface area (Å²) < 4.78 is 0. The Kier molecular flexibility index (Phi) is 5.03. The molecule has 0 amide bonds. The van der Waals surface area contributed by atoms with Crippen molar-refractivity contribution >= 4 is 11.6 Å². The fraction of sp³-hybridized carbons (Fsp3) is 0.538. The van der Waals surface area contributed by atoms with Crippen molar-refractivity contribution in [2.24, 2.45) is 0 Å². The van der Waals surface area contributed by atoms with Gasteiger partial charge in [-0.2, -0.15) is 0 Å². The highest BCUT2D eigenvalue weighted by Gasteiger charge is 1.98. The normalized spacial score (nSPS) is 10.9. The van der Waals surface area contributed by atoms with Crippen LogP contribution in [0.15, 0.2) is 24.3 Å². The van der Waals surface area contributed by atoms with Gasteiger partial charge >= 0.3 is 0 Å². The lowest BCUT2D eigenvalue weighted by atomic mass is 10.00. The van der Waals surface area contributed by atoms with E-state index in [0.717, 1.165) is 18.7 Å². The second kappa shape index (κ2) is 6.08. The van der Waals surface area contributed by atoms with Crippen LogP contribution >= 0.6 is 11.6 Å². The van der Waals surface area contributed by atoms with Gasteiger partial charge < -0.3 is 0 Å². The van der Waals surface area contributed by atoms with Crippen molar-refractivity contribution in [1.82, 2.24) is 0 Å². The van der Waals surface area contributed by atoms with Gasteiger partial charge in [0.25, 0.3) is 0 Å². The largest absolute Gasteiger partial charge is 0.127 e. The molecule has 0 radical (unpaired) electrons. The molecule has 0 saturated heterocycles. The first-order chi connectivity index (χ1) is 6.74. The molecule has 78 valence electrons. The van der Waals surface area contributed by atoms with E-state index in [2.05, 4.69) is 38.1 Å². The zero-order valence-electron chi connectivity index (χ0n) is 9.09. The van der Waals surface area contributed by atoms with E-state index in [1.165, 1.54) is 17.5 Å². The van der Waals surface area contributed by atoms with Crippen molar-refractivity contribution in [1.29, 1.82) is 0 Å². The lowest BCUT2D eigenvalue weighted by Crippen LogP contribution is -1.90. The van der Waals surface area contributed by atoms with Crippen LogP contribution in [0.25, 0.3) is 0 Å².